The maximum Gasteiger partial charge on any atom is 0.332 e. The third-order valence-corrected chi connectivity index (χ3v) is 4.04. The van der Waals surface area contributed by atoms with Gasteiger partial charge in [0.15, 0.2) is 5.65 Å². The Bertz CT molecular complexity index is 1130. The van der Waals surface area contributed by atoms with Crippen molar-refractivity contribution >= 4 is 11.2 Å². The fourth-order valence-electron chi connectivity index (χ4n) is 2.75. The van der Waals surface area contributed by atoms with Gasteiger partial charge in [-0.25, -0.2) is 14.8 Å². The van der Waals surface area contributed by atoms with Gasteiger partial charge >= 0.3 is 5.69 Å². The van der Waals surface area contributed by atoms with Crippen molar-refractivity contribution in [2.45, 2.75) is 6.92 Å². The zero-order valence-corrected chi connectivity index (χ0v) is 14.3. The van der Waals surface area contributed by atoms with Crippen LogP contribution in [0.4, 0.5) is 0 Å². The highest BCUT2D eigenvalue weighted by Crippen LogP contribution is 2.27. The van der Waals surface area contributed by atoms with Gasteiger partial charge in [-0.1, -0.05) is 6.07 Å². The molecule has 0 atom stereocenters. The van der Waals surface area contributed by atoms with Crippen LogP contribution < -0.4 is 15.2 Å². The van der Waals surface area contributed by atoms with Gasteiger partial charge in [0.25, 0.3) is 0 Å². The summed E-state index contributed by atoms with van der Waals surface area (Å²) in [5.41, 5.74) is 2.61. The van der Waals surface area contributed by atoms with E-state index in [4.69, 9.17) is 9.47 Å². The van der Waals surface area contributed by atoms with Gasteiger partial charge < -0.3 is 9.47 Å². The monoisotopic (exact) mass is 348 g/mol. The van der Waals surface area contributed by atoms with Gasteiger partial charge in [-0.15, -0.1) is 0 Å². The molecule has 0 aliphatic rings. The van der Waals surface area contributed by atoms with Crippen molar-refractivity contribution in [3.8, 4) is 23.1 Å². The standard InChI is InChI=1S/C19H16N4O3/c1-12-5-7-14(10-16(12)25-2)26-17-8-6-13(11-21-17)23-15-4-3-9-20-18(15)22-19(23)24/h3-11H,1-2H3,(H,20,22,24). The summed E-state index contributed by atoms with van der Waals surface area (Å²) in [5, 5.41) is 0. The summed E-state index contributed by atoms with van der Waals surface area (Å²) in [5.74, 6) is 1.80. The molecule has 0 radical (unpaired) electrons. The molecule has 0 aliphatic carbocycles. The van der Waals surface area contributed by atoms with Crippen LogP contribution in [0, 0.1) is 6.92 Å². The van der Waals surface area contributed by atoms with E-state index >= 15 is 0 Å². The molecule has 4 aromatic rings. The molecular weight excluding hydrogens is 332 g/mol. The van der Waals surface area contributed by atoms with Crippen molar-refractivity contribution in [3.63, 3.8) is 0 Å². The summed E-state index contributed by atoms with van der Waals surface area (Å²) >= 11 is 0. The Balaban J connectivity index is 1.65. The van der Waals surface area contributed by atoms with Crippen molar-refractivity contribution < 1.29 is 9.47 Å². The second kappa shape index (κ2) is 6.36. The summed E-state index contributed by atoms with van der Waals surface area (Å²) in [6, 6.07) is 12.7. The molecular formula is C19H16N4O3. The van der Waals surface area contributed by atoms with Gasteiger partial charge in [0, 0.05) is 18.3 Å². The number of imidazole rings is 1. The van der Waals surface area contributed by atoms with Crippen molar-refractivity contribution in [1.82, 2.24) is 19.5 Å². The first-order valence-electron chi connectivity index (χ1n) is 8.00. The highest BCUT2D eigenvalue weighted by atomic mass is 16.5. The van der Waals surface area contributed by atoms with E-state index in [0.29, 0.717) is 28.5 Å². The van der Waals surface area contributed by atoms with Crippen LogP contribution >= 0.6 is 0 Å². The maximum absolute atomic E-state index is 12.2. The highest BCUT2D eigenvalue weighted by molar-refractivity contribution is 5.72. The first-order valence-corrected chi connectivity index (χ1v) is 8.00. The zero-order chi connectivity index (χ0) is 18.1. The third-order valence-electron chi connectivity index (χ3n) is 4.04. The summed E-state index contributed by atoms with van der Waals surface area (Å²) in [6.07, 6.45) is 3.22. The molecule has 0 saturated heterocycles. The normalized spacial score (nSPS) is 10.8. The van der Waals surface area contributed by atoms with Gasteiger partial charge in [0.1, 0.15) is 11.5 Å². The van der Waals surface area contributed by atoms with Gasteiger partial charge in [0.05, 0.1) is 24.5 Å². The van der Waals surface area contributed by atoms with Crippen LogP contribution in [0.5, 0.6) is 17.4 Å². The lowest BCUT2D eigenvalue weighted by Crippen LogP contribution is -2.14. The van der Waals surface area contributed by atoms with Gasteiger partial charge in [0.2, 0.25) is 5.88 Å². The number of aromatic nitrogens is 4. The molecule has 0 saturated carbocycles. The number of aromatic amines is 1. The van der Waals surface area contributed by atoms with E-state index in [2.05, 4.69) is 15.0 Å². The number of aryl methyl sites for hydroxylation is 1. The number of H-pyrrole nitrogens is 1. The fourth-order valence-corrected chi connectivity index (χ4v) is 2.75. The quantitative estimate of drug-likeness (QED) is 0.612. The van der Waals surface area contributed by atoms with Gasteiger partial charge in [-0.3, -0.25) is 9.55 Å². The molecule has 3 heterocycles. The number of benzene rings is 1. The van der Waals surface area contributed by atoms with Crippen LogP contribution in [0.15, 0.2) is 59.7 Å². The van der Waals surface area contributed by atoms with E-state index in [0.717, 1.165) is 11.3 Å². The minimum absolute atomic E-state index is 0.266. The molecule has 0 aliphatic heterocycles. The first kappa shape index (κ1) is 15.9. The van der Waals surface area contributed by atoms with Crippen LogP contribution in [0.2, 0.25) is 0 Å². The lowest BCUT2D eigenvalue weighted by Gasteiger charge is -2.09. The Hall–Kier alpha value is -3.61. The number of fused-ring (bicyclic) bond motifs is 1. The van der Waals surface area contributed by atoms with Crippen molar-refractivity contribution in [2.75, 3.05) is 7.11 Å². The van der Waals surface area contributed by atoms with Crippen LogP contribution in [-0.4, -0.2) is 26.6 Å². The van der Waals surface area contributed by atoms with Crippen molar-refractivity contribution in [1.29, 1.82) is 0 Å². The minimum atomic E-state index is -0.266. The van der Waals surface area contributed by atoms with Crippen LogP contribution in [-0.2, 0) is 0 Å². The molecule has 1 aromatic carbocycles. The van der Waals surface area contributed by atoms with Crippen molar-refractivity contribution in [3.05, 3.63) is 70.9 Å². The summed E-state index contributed by atoms with van der Waals surface area (Å²) in [4.78, 5) is 23.4. The first-order chi connectivity index (χ1) is 12.7. The molecule has 0 bridgehead atoms. The fraction of sp³-hybridized carbons (Fsp3) is 0.105. The van der Waals surface area contributed by atoms with E-state index < -0.39 is 0 Å². The van der Waals surface area contributed by atoms with E-state index in [-0.39, 0.29) is 5.69 Å². The molecule has 130 valence electrons. The number of pyridine rings is 2. The van der Waals surface area contributed by atoms with Crippen LogP contribution in [0.1, 0.15) is 5.56 Å². The number of ether oxygens (including phenoxy) is 2. The number of nitrogens with zero attached hydrogens (tertiary/aromatic N) is 3. The minimum Gasteiger partial charge on any atom is -0.496 e. The van der Waals surface area contributed by atoms with E-state index in [1.54, 1.807) is 43.8 Å². The Morgan fingerprint density at radius 3 is 2.77 bits per heavy atom. The number of rotatable bonds is 4. The average molecular weight is 348 g/mol. The second-order valence-corrected chi connectivity index (χ2v) is 5.72. The molecule has 4 rings (SSSR count). The number of hydrogen-bond acceptors (Lipinski definition) is 5. The maximum atomic E-state index is 12.2. The average Bonchev–Trinajstić information content (AvgIpc) is 3.00. The Morgan fingerprint density at radius 1 is 1.12 bits per heavy atom. The topological polar surface area (TPSA) is 82.0 Å². The molecule has 26 heavy (non-hydrogen) atoms. The van der Waals surface area contributed by atoms with E-state index in [9.17, 15) is 4.79 Å². The largest absolute Gasteiger partial charge is 0.496 e. The SMILES string of the molecule is COc1cc(Oc2ccc(-n3c(=O)[nH]c4ncccc43)cn2)ccc1C. The lowest BCUT2D eigenvalue weighted by atomic mass is 10.2. The zero-order valence-electron chi connectivity index (χ0n) is 14.3. The molecule has 7 nitrogen and oxygen atoms in total. The van der Waals surface area contributed by atoms with E-state index in [1.807, 2.05) is 25.1 Å². The number of nitrogens with one attached hydrogen (secondary N) is 1. The van der Waals surface area contributed by atoms with Gasteiger partial charge in [-0.2, -0.15) is 0 Å². The molecule has 0 fully saturated rings. The lowest BCUT2D eigenvalue weighted by molar-refractivity contribution is 0.404. The second-order valence-electron chi connectivity index (χ2n) is 5.72. The third kappa shape index (κ3) is 2.79. The molecule has 0 unspecified atom stereocenters. The predicted molar refractivity (Wildman–Crippen MR) is 97.3 cm³/mol. The summed E-state index contributed by atoms with van der Waals surface area (Å²) in [6.45, 7) is 1.96. The Labute approximate surface area is 148 Å². The molecule has 1 N–H and O–H groups in total. The number of hydrogen-bond donors (Lipinski definition) is 1. The summed E-state index contributed by atoms with van der Waals surface area (Å²) in [7, 11) is 1.62. The highest BCUT2D eigenvalue weighted by Gasteiger charge is 2.10. The number of methoxy groups -OCH3 is 1. The van der Waals surface area contributed by atoms with E-state index in [1.165, 1.54) is 4.57 Å². The Kier molecular flexibility index (Phi) is 3.89. The van der Waals surface area contributed by atoms with Crippen LogP contribution in [0.25, 0.3) is 16.9 Å². The van der Waals surface area contributed by atoms with Crippen molar-refractivity contribution in [2.24, 2.45) is 0 Å². The predicted octanol–water partition coefficient (Wildman–Crippen LogP) is 3.22. The van der Waals surface area contributed by atoms with Crippen LogP contribution in [0.3, 0.4) is 0 Å². The molecule has 3 aromatic heterocycles. The molecule has 7 heteroatoms. The smallest absolute Gasteiger partial charge is 0.332 e. The summed E-state index contributed by atoms with van der Waals surface area (Å²) < 4.78 is 12.6. The molecule has 0 amide bonds. The van der Waals surface area contributed by atoms with Gasteiger partial charge in [-0.05, 0) is 36.8 Å². The molecule has 0 spiro atoms. The Morgan fingerprint density at radius 2 is 2.00 bits per heavy atom.